The summed E-state index contributed by atoms with van der Waals surface area (Å²) in [4.78, 5) is 25.1. The van der Waals surface area contributed by atoms with Gasteiger partial charge in [-0.3, -0.25) is 9.59 Å². The highest BCUT2D eigenvalue weighted by molar-refractivity contribution is 9.10. The Bertz CT molecular complexity index is 680. The average Bonchev–Trinajstić information content (AvgIpc) is 2.63. The van der Waals surface area contributed by atoms with Gasteiger partial charge in [-0.2, -0.15) is 0 Å². The van der Waals surface area contributed by atoms with Crippen molar-refractivity contribution in [3.8, 4) is 0 Å². The van der Waals surface area contributed by atoms with Crippen LogP contribution in [0.25, 0.3) is 6.08 Å². The summed E-state index contributed by atoms with van der Waals surface area (Å²) < 4.78 is 44.2. The smallest absolute Gasteiger partial charge is 0.319 e. The van der Waals surface area contributed by atoms with Crippen LogP contribution in [-0.2, 0) is 14.3 Å². The van der Waals surface area contributed by atoms with Gasteiger partial charge < -0.3 is 9.64 Å². The van der Waals surface area contributed by atoms with Gasteiger partial charge in [-0.05, 0) is 49.5 Å². The van der Waals surface area contributed by atoms with Crippen molar-refractivity contribution in [3.63, 3.8) is 0 Å². The van der Waals surface area contributed by atoms with Gasteiger partial charge in [0.25, 0.3) is 0 Å². The maximum Gasteiger partial charge on any atom is 0.319 e. The SMILES string of the molecule is CCOC(=O)C(Br)C1CCN(C(=O)C=Cc2cc(F)c(F)c(F)c2)CC1. The fourth-order valence-corrected chi connectivity index (χ4v) is 3.43. The number of likely N-dealkylation sites (tertiary alicyclic amines) is 1. The zero-order chi connectivity index (χ0) is 19.3. The van der Waals surface area contributed by atoms with E-state index in [2.05, 4.69) is 15.9 Å². The summed E-state index contributed by atoms with van der Waals surface area (Å²) in [6.07, 6.45) is 3.71. The number of ether oxygens (including phenoxy) is 1. The molecule has 1 unspecified atom stereocenters. The number of hydrogen-bond acceptors (Lipinski definition) is 3. The summed E-state index contributed by atoms with van der Waals surface area (Å²) in [5, 5.41) is 0. The lowest BCUT2D eigenvalue weighted by molar-refractivity contribution is -0.143. The molecular weight excluding hydrogens is 415 g/mol. The second-order valence-corrected chi connectivity index (χ2v) is 6.93. The van der Waals surface area contributed by atoms with Crippen LogP contribution in [0.15, 0.2) is 18.2 Å². The van der Waals surface area contributed by atoms with Gasteiger partial charge in [0, 0.05) is 19.2 Å². The standard InChI is InChI=1S/C18H19BrF3NO3/c1-2-26-18(25)16(19)12-5-7-23(8-6-12)15(24)4-3-11-9-13(20)17(22)14(21)10-11/h3-4,9-10,12,16H,2,5-8H2,1H3. The molecule has 0 bridgehead atoms. The van der Waals surface area contributed by atoms with Crippen LogP contribution in [0, 0.1) is 23.4 Å². The van der Waals surface area contributed by atoms with Gasteiger partial charge >= 0.3 is 5.97 Å². The van der Waals surface area contributed by atoms with Gasteiger partial charge in [0.05, 0.1) is 6.61 Å². The first-order chi connectivity index (χ1) is 12.3. The Morgan fingerprint density at radius 1 is 1.27 bits per heavy atom. The fourth-order valence-electron chi connectivity index (χ4n) is 2.77. The van der Waals surface area contributed by atoms with E-state index in [1.165, 1.54) is 12.2 Å². The van der Waals surface area contributed by atoms with E-state index in [1.807, 2.05) is 0 Å². The largest absolute Gasteiger partial charge is 0.465 e. The fraction of sp³-hybridized carbons (Fsp3) is 0.444. The van der Waals surface area contributed by atoms with Gasteiger partial charge in [0.1, 0.15) is 4.83 Å². The lowest BCUT2D eigenvalue weighted by atomic mass is 9.93. The van der Waals surface area contributed by atoms with E-state index >= 15 is 0 Å². The first kappa shape index (κ1) is 20.5. The summed E-state index contributed by atoms with van der Waals surface area (Å²) in [5.41, 5.74) is 0.0625. The summed E-state index contributed by atoms with van der Waals surface area (Å²) in [6, 6.07) is 1.65. The lowest BCUT2D eigenvalue weighted by Crippen LogP contribution is -2.41. The molecule has 1 amide bonds. The minimum absolute atomic E-state index is 0.0625. The molecule has 0 spiro atoms. The Morgan fingerprint density at radius 3 is 2.38 bits per heavy atom. The third-order valence-electron chi connectivity index (χ3n) is 4.20. The second-order valence-electron chi connectivity index (χ2n) is 5.95. The molecule has 0 aromatic heterocycles. The molecule has 1 heterocycles. The maximum atomic E-state index is 13.2. The van der Waals surface area contributed by atoms with E-state index in [-0.39, 0.29) is 23.4 Å². The molecule has 1 aromatic rings. The normalized spacial score (nSPS) is 16.7. The maximum absolute atomic E-state index is 13.2. The number of benzene rings is 1. The van der Waals surface area contributed by atoms with Crippen molar-refractivity contribution in [2.24, 2.45) is 5.92 Å². The van der Waals surface area contributed by atoms with Crippen molar-refractivity contribution < 1.29 is 27.5 Å². The molecule has 1 saturated heterocycles. The van der Waals surface area contributed by atoms with Gasteiger partial charge in [0.15, 0.2) is 17.5 Å². The molecule has 1 aromatic carbocycles. The van der Waals surface area contributed by atoms with Crippen LogP contribution in [0.3, 0.4) is 0 Å². The molecule has 0 aliphatic carbocycles. The van der Waals surface area contributed by atoms with Gasteiger partial charge in [-0.25, -0.2) is 13.2 Å². The van der Waals surface area contributed by atoms with Crippen LogP contribution in [0.1, 0.15) is 25.3 Å². The van der Waals surface area contributed by atoms with Crippen LogP contribution < -0.4 is 0 Å². The van der Waals surface area contributed by atoms with E-state index in [9.17, 15) is 22.8 Å². The van der Waals surface area contributed by atoms with E-state index < -0.39 is 22.3 Å². The average molecular weight is 434 g/mol. The topological polar surface area (TPSA) is 46.6 Å². The Labute approximate surface area is 158 Å². The molecule has 4 nitrogen and oxygen atoms in total. The number of nitrogens with zero attached hydrogens (tertiary/aromatic N) is 1. The summed E-state index contributed by atoms with van der Waals surface area (Å²) in [6.45, 7) is 2.97. The molecular formula is C18H19BrF3NO3. The first-order valence-corrected chi connectivity index (χ1v) is 9.17. The number of esters is 1. The monoisotopic (exact) mass is 433 g/mol. The van der Waals surface area contributed by atoms with E-state index in [1.54, 1.807) is 11.8 Å². The van der Waals surface area contributed by atoms with Crippen LogP contribution in [-0.4, -0.2) is 41.3 Å². The molecule has 1 aliphatic rings. The number of amides is 1. The minimum atomic E-state index is -1.54. The van der Waals surface area contributed by atoms with E-state index in [4.69, 9.17) is 4.74 Å². The Hall–Kier alpha value is -1.83. The number of halogens is 4. The van der Waals surface area contributed by atoms with E-state index in [0.717, 1.165) is 12.1 Å². The van der Waals surface area contributed by atoms with Crippen molar-refractivity contribution in [2.45, 2.75) is 24.6 Å². The number of carbonyl (C=O) groups excluding carboxylic acids is 2. The van der Waals surface area contributed by atoms with Gasteiger partial charge in [0.2, 0.25) is 5.91 Å². The van der Waals surface area contributed by atoms with Crippen LogP contribution >= 0.6 is 15.9 Å². The third kappa shape index (κ3) is 5.09. The zero-order valence-electron chi connectivity index (χ0n) is 14.2. The number of alkyl halides is 1. The highest BCUT2D eigenvalue weighted by Crippen LogP contribution is 2.26. The molecule has 1 fully saturated rings. The third-order valence-corrected chi connectivity index (χ3v) is 5.32. The predicted molar refractivity (Wildman–Crippen MR) is 94.0 cm³/mol. The van der Waals surface area contributed by atoms with Gasteiger partial charge in [-0.15, -0.1) is 0 Å². The summed E-state index contributed by atoms with van der Waals surface area (Å²) in [5.74, 6) is -4.70. The molecule has 2 rings (SSSR count). The minimum Gasteiger partial charge on any atom is -0.465 e. The van der Waals surface area contributed by atoms with Crippen LogP contribution in [0.5, 0.6) is 0 Å². The Balaban J connectivity index is 1.91. The van der Waals surface area contributed by atoms with Crippen molar-refractivity contribution >= 4 is 33.9 Å². The lowest BCUT2D eigenvalue weighted by Gasteiger charge is -2.32. The Kier molecular flexibility index (Phi) is 7.25. The highest BCUT2D eigenvalue weighted by atomic mass is 79.9. The summed E-state index contributed by atoms with van der Waals surface area (Å²) in [7, 11) is 0. The predicted octanol–water partition coefficient (Wildman–Crippen LogP) is 3.68. The second kappa shape index (κ2) is 9.21. The van der Waals surface area contributed by atoms with Gasteiger partial charge in [-0.1, -0.05) is 15.9 Å². The first-order valence-electron chi connectivity index (χ1n) is 8.25. The molecule has 0 saturated carbocycles. The van der Waals surface area contributed by atoms with Crippen molar-refractivity contribution in [1.82, 2.24) is 4.90 Å². The number of carbonyl (C=O) groups is 2. The number of hydrogen-bond donors (Lipinski definition) is 0. The van der Waals surface area contributed by atoms with Crippen molar-refractivity contribution in [1.29, 1.82) is 0 Å². The quantitative estimate of drug-likeness (QED) is 0.308. The van der Waals surface area contributed by atoms with E-state index in [0.29, 0.717) is 32.5 Å². The van der Waals surface area contributed by atoms with Crippen LogP contribution in [0.4, 0.5) is 13.2 Å². The molecule has 1 atom stereocenters. The van der Waals surface area contributed by atoms with Crippen molar-refractivity contribution in [2.75, 3.05) is 19.7 Å². The highest BCUT2D eigenvalue weighted by Gasteiger charge is 2.31. The zero-order valence-corrected chi connectivity index (χ0v) is 15.8. The molecule has 8 heteroatoms. The molecule has 0 N–H and O–H groups in total. The number of piperidine rings is 1. The Morgan fingerprint density at radius 2 is 1.85 bits per heavy atom. The summed E-state index contributed by atoms with van der Waals surface area (Å²) >= 11 is 3.35. The molecule has 26 heavy (non-hydrogen) atoms. The molecule has 0 radical (unpaired) electrons. The molecule has 1 aliphatic heterocycles. The number of rotatable bonds is 5. The van der Waals surface area contributed by atoms with Crippen LogP contribution in [0.2, 0.25) is 0 Å². The molecule has 142 valence electrons. The van der Waals surface area contributed by atoms with Crippen molar-refractivity contribution in [3.05, 3.63) is 41.2 Å².